The molecule has 0 radical (unpaired) electrons. The fourth-order valence-corrected chi connectivity index (χ4v) is 4.57. The molecule has 1 aromatic carbocycles. The molecule has 0 atom stereocenters. The average molecular weight is 384 g/mol. The molecule has 0 saturated heterocycles. The van der Waals surface area contributed by atoms with Crippen LogP contribution in [0.1, 0.15) is 75.3 Å². The summed E-state index contributed by atoms with van der Waals surface area (Å²) in [6.07, 6.45) is 9.41. The van der Waals surface area contributed by atoms with Gasteiger partial charge in [0.05, 0.1) is 5.92 Å². The van der Waals surface area contributed by atoms with E-state index in [-0.39, 0.29) is 23.9 Å². The van der Waals surface area contributed by atoms with Crippen molar-refractivity contribution in [1.82, 2.24) is 0 Å². The number of hydrogen-bond donors (Lipinski definition) is 0. The molecule has 1 aromatic rings. The van der Waals surface area contributed by atoms with Crippen molar-refractivity contribution in [3.8, 4) is 6.07 Å². The number of rotatable bonds is 5. The Balaban J connectivity index is 1.42. The first-order valence-corrected chi connectivity index (χ1v) is 10.7. The van der Waals surface area contributed by atoms with Gasteiger partial charge in [0.2, 0.25) is 0 Å². The first-order chi connectivity index (χ1) is 13.6. The molecule has 0 aliphatic heterocycles. The lowest BCUT2D eigenvalue weighted by Gasteiger charge is -2.31. The van der Waals surface area contributed by atoms with Crippen LogP contribution >= 0.6 is 0 Å². The summed E-state index contributed by atoms with van der Waals surface area (Å²) >= 11 is 0. The van der Waals surface area contributed by atoms with Gasteiger partial charge in [0.25, 0.3) is 0 Å². The van der Waals surface area contributed by atoms with Crippen LogP contribution in [0.5, 0.6) is 0 Å². The van der Waals surface area contributed by atoms with Crippen molar-refractivity contribution >= 4 is 5.97 Å². The van der Waals surface area contributed by atoms with Gasteiger partial charge in [-0.1, -0.05) is 31.2 Å². The number of carbonyl (C=O) groups is 1. The highest BCUT2D eigenvalue weighted by atomic mass is 19.1. The Bertz CT molecular complexity index is 718. The quantitative estimate of drug-likeness (QED) is 0.463. The Labute approximate surface area is 167 Å². The van der Waals surface area contributed by atoms with E-state index >= 15 is 0 Å². The topological polar surface area (TPSA) is 50.1 Å². The summed E-state index contributed by atoms with van der Waals surface area (Å²) in [7, 11) is 0. The van der Waals surface area contributed by atoms with Crippen molar-refractivity contribution in [3.05, 3.63) is 47.3 Å². The minimum atomic E-state index is -0.716. The van der Waals surface area contributed by atoms with Crippen molar-refractivity contribution in [1.29, 1.82) is 5.26 Å². The van der Waals surface area contributed by atoms with Crippen LogP contribution in [0.2, 0.25) is 0 Å². The van der Waals surface area contributed by atoms with Gasteiger partial charge in [0.1, 0.15) is 12.2 Å². The molecule has 150 valence electrons. The lowest BCUT2D eigenvalue weighted by Crippen LogP contribution is -2.29. The van der Waals surface area contributed by atoms with Crippen LogP contribution in [0.4, 0.5) is 4.39 Å². The summed E-state index contributed by atoms with van der Waals surface area (Å²) in [5.41, 5.74) is 2.77. The highest BCUT2D eigenvalue weighted by Crippen LogP contribution is 2.36. The minimum absolute atomic E-state index is 0.0346. The molecule has 0 amide bonds. The Morgan fingerprint density at radius 1 is 1.11 bits per heavy atom. The van der Waals surface area contributed by atoms with Crippen molar-refractivity contribution in [2.24, 2.45) is 11.8 Å². The predicted molar refractivity (Wildman–Crippen MR) is 107 cm³/mol. The number of carbonyl (C=O) groups excluding carboxylic acids is 1. The van der Waals surface area contributed by atoms with Gasteiger partial charge in [-0.2, -0.15) is 9.65 Å². The lowest BCUT2D eigenvalue weighted by atomic mass is 9.81. The Morgan fingerprint density at radius 3 is 2.32 bits per heavy atom. The van der Waals surface area contributed by atoms with E-state index in [4.69, 9.17) is 10.00 Å². The van der Waals surface area contributed by atoms with Gasteiger partial charge in [0.15, 0.2) is 5.83 Å². The normalized spacial score (nSPS) is 28.4. The fraction of sp³-hybridized carbons (Fsp3) is 0.583. The zero-order valence-electron chi connectivity index (χ0n) is 16.7. The van der Waals surface area contributed by atoms with Crippen LogP contribution in [-0.4, -0.2) is 12.1 Å². The fourth-order valence-electron chi connectivity index (χ4n) is 4.57. The van der Waals surface area contributed by atoms with Crippen molar-refractivity contribution in [2.75, 3.05) is 0 Å². The Kier molecular flexibility index (Phi) is 7.25. The van der Waals surface area contributed by atoms with Crippen LogP contribution < -0.4 is 0 Å². The molecule has 3 rings (SSSR count). The number of nitriles is 1. The molecular formula is C24H30FNO2. The monoisotopic (exact) mass is 383 g/mol. The van der Waals surface area contributed by atoms with Crippen molar-refractivity contribution < 1.29 is 13.9 Å². The maximum Gasteiger partial charge on any atom is 0.309 e. The number of hydrogen-bond acceptors (Lipinski definition) is 3. The third-order valence-corrected chi connectivity index (χ3v) is 6.41. The number of benzene rings is 1. The maximum atomic E-state index is 13.1. The van der Waals surface area contributed by atoms with E-state index in [2.05, 4.69) is 31.2 Å². The second kappa shape index (κ2) is 9.87. The molecule has 3 nitrogen and oxygen atoms in total. The summed E-state index contributed by atoms with van der Waals surface area (Å²) in [4.78, 5) is 12.5. The second-order valence-corrected chi connectivity index (χ2v) is 8.24. The highest BCUT2D eigenvalue weighted by molar-refractivity contribution is 5.72. The summed E-state index contributed by atoms with van der Waals surface area (Å²) in [5.74, 6) is -0.239. The third-order valence-electron chi connectivity index (χ3n) is 6.41. The zero-order chi connectivity index (χ0) is 19.9. The van der Waals surface area contributed by atoms with Crippen LogP contribution in [-0.2, 0) is 16.0 Å². The second-order valence-electron chi connectivity index (χ2n) is 8.24. The van der Waals surface area contributed by atoms with E-state index in [0.29, 0.717) is 5.92 Å². The van der Waals surface area contributed by atoms with E-state index < -0.39 is 5.83 Å². The molecule has 0 spiro atoms. The SMILES string of the molecule is CCc1ccc([C@H]2CC[C@H](OC(=O)[C@H]3CC[C@H](C=C(F)C#N)CC3)CC2)cc1. The number of esters is 1. The number of halogens is 1. The molecular weight excluding hydrogens is 353 g/mol. The molecule has 4 heteroatoms. The Hall–Kier alpha value is -2.15. The Morgan fingerprint density at radius 2 is 1.75 bits per heavy atom. The molecule has 2 fully saturated rings. The third kappa shape index (κ3) is 5.44. The highest BCUT2D eigenvalue weighted by Gasteiger charge is 2.30. The van der Waals surface area contributed by atoms with E-state index in [9.17, 15) is 9.18 Å². The van der Waals surface area contributed by atoms with E-state index in [1.807, 2.05) is 0 Å². The van der Waals surface area contributed by atoms with E-state index in [1.165, 1.54) is 23.3 Å². The number of nitrogens with zero attached hydrogens (tertiary/aromatic N) is 1. The maximum absolute atomic E-state index is 13.1. The summed E-state index contributed by atoms with van der Waals surface area (Å²) in [6.45, 7) is 2.17. The van der Waals surface area contributed by atoms with Crippen LogP contribution in [0.15, 0.2) is 36.2 Å². The first-order valence-electron chi connectivity index (χ1n) is 10.7. The van der Waals surface area contributed by atoms with Gasteiger partial charge in [-0.05, 0) is 86.8 Å². The van der Waals surface area contributed by atoms with Crippen molar-refractivity contribution in [2.45, 2.75) is 76.7 Å². The van der Waals surface area contributed by atoms with Crippen LogP contribution in [0.25, 0.3) is 0 Å². The largest absolute Gasteiger partial charge is 0.462 e. The molecule has 0 unspecified atom stereocenters. The van der Waals surface area contributed by atoms with Gasteiger partial charge >= 0.3 is 5.97 Å². The molecule has 0 aromatic heterocycles. The average Bonchev–Trinajstić information content (AvgIpc) is 2.74. The predicted octanol–water partition coefficient (Wildman–Crippen LogP) is 6.00. The number of ether oxygens (including phenoxy) is 1. The standard InChI is InChI=1S/C24H30FNO2/c1-2-17-3-7-19(8-4-17)20-11-13-23(14-12-20)28-24(27)21-9-5-18(6-10-21)15-22(25)16-26/h3-4,7-8,15,18,20-21,23H,2,5-6,9-14H2,1H3/t18-,20-,21-,23-. The van der Waals surface area contributed by atoms with Crippen molar-refractivity contribution in [3.63, 3.8) is 0 Å². The number of allylic oxidation sites excluding steroid dienone is 2. The molecule has 28 heavy (non-hydrogen) atoms. The smallest absolute Gasteiger partial charge is 0.309 e. The lowest BCUT2D eigenvalue weighted by molar-refractivity contribution is -0.157. The van der Waals surface area contributed by atoms with Crippen LogP contribution in [0, 0.1) is 23.2 Å². The molecule has 2 aliphatic rings. The summed E-state index contributed by atoms with van der Waals surface area (Å²) in [5, 5.41) is 8.54. The van der Waals surface area contributed by atoms with Gasteiger partial charge in [-0.15, -0.1) is 0 Å². The minimum Gasteiger partial charge on any atom is -0.462 e. The molecule has 0 heterocycles. The van der Waals surface area contributed by atoms with Gasteiger partial charge in [-0.3, -0.25) is 4.79 Å². The van der Waals surface area contributed by atoms with E-state index in [0.717, 1.165) is 57.8 Å². The molecule has 0 bridgehead atoms. The molecule has 2 saturated carbocycles. The number of aryl methyl sites for hydroxylation is 1. The molecule has 2 aliphatic carbocycles. The molecule has 0 N–H and O–H groups in total. The first kappa shape index (κ1) is 20.6. The summed E-state index contributed by atoms with van der Waals surface area (Å²) in [6, 6.07) is 10.5. The van der Waals surface area contributed by atoms with Crippen LogP contribution in [0.3, 0.4) is 0 Å². The van der Waals surface area contributed by atoms with Gasteiger partial charge < -0.3 is 4.74 Å². The zero-order valence-corrected chi connectivity index (χ0v) is 16.7. The van der Waals surface area contributed by atoms with E-state index in [1.54, 1.807) is 0 Å². The van der Waals surface area contributed by atoms with Gasteiger partial charge in [-0.25, -0.2) is 0 Å². The van der Waals surface area contributed by atoms with Gasteiger partial charge in [0, 0.05) is 0 Å². The summed E-state index contributed by atoms with van der Waals surface area (Å²) < 4.78 is 18.9.